The highest BCUT2D eigenvalue weighted by Crippen LogP contribution is 2.32. The van der Waals surface area contributed by atoms with Crippen LogP contribution >= 0.6 is 0 Å². The first-order valence-corrected chi connectivity index (χ1v) is 10.3. The number of nitrogens with zero attached hydrogens (tertiary/aromatic N) is 3. The zero-order chi connectivity index (χ0) is 25.8. The molecule has 0 fully saturated rings. The van der Waals surface area contributed by atoms with Crippen LogP contribution in [0.4, 0.5) is 19.0 Å². The Morgan fingerprint density at radius 3 is 2.54 bits per heavy atom. The lowest BCUT2D eigenvalue weighted by Crippen LogP contribution is -2.48. The van der Waals surface area contributed by atoms with Crippen LogP contribution in [0.25, 0.3) is 0 Å². The van der Waals surface area contributed by atoms with Gasteiger partial charge in [-0.05, 0) is 25.0 Å². The molecule has 0 saturated carbocycles. The molecule has 0 bridgehead atoms. The summed E-state index contributed by atoms with van der Waals surface area (Å²) >= 11 is 0. The maximum atomic E-state index is 13.3. The number of imidazole rings is 1. The lowest BCUT2D eigenvalue weighted by atomic mass is 9.96. The Labute approximate surface area is 196 Å². The van der Waals surface area contributed by atoms with E-state index in [9.17, 15) is 37.8 Å². The van der Waals surface area contributed by atoms with Gasteiger partial charge in [-0.1, -0.05) is 18.2 Å². The van der Waals surface area contributed by atoms with Gasteiger partial charge in [-0.25, -0.2) is 9.78 Å². The van der Waals surface area contributed by atoms with Crippen LogP contribution in [-0.4, -0.2) is 66.9 Å². The van der Waals surface area contributed by atoms with Crippen molar-refractivity contribution < 1.29 is 37.8 Å². The van der Waals surface area contributed by atoms with Gasteiger partial charge in [-0.15, -0.1) is 0 Å². The summed E-state index contributed by atoms with van der Waals surface area (Å²) in [6.07, 6.45) is -4.70. The molecule has 2 heterocycles. The fourth-order valence-corrected chi connectivity index (χ4v) is 3.37. The Morgan fingerprint density at radius 1 is 1.23 bits per heavy atom. The number of carbonyl (C=O) groups is 3. The third kappa shape index (κ3) is 5.84. The third-order valence-electron chi connectivity index (χ3n) is 5.08. The van der Waals surface area contributed by atoms with Crippen molar-refractivity contribution in [1.29, 1.82) is 0 Å². The van der Waals surface area contributed by atoms with Gasteiger partial charge in [0.05, 0.1) is 17.9 Å². The van der Waals surface area contributed by atoms with Gasteiger partial charge in [0.25, 0.3) is 11.8 Å². The van der Waals surface area contributed by atoms with E-state index in [1.54, 1.807) is 6.92 Å². The minimum Gasteiger partial charge on any atom is -0.479 e. The summed E-state index contributed by atoms with van der Waals surface area (Å²) in [5, 5.41) is 27.6. The Balaban J connectivity index is 1.81. The molecule has 0 unspecified atom stereocenters. The summed E-state index contributed by atoms with van der Waals surface area (Å²) < 4.78 is 40.0. The van der Waals surface area contributed by atoms with Crippen molar-refractivity contribution >= 4 is 23.6 Å². The van der Waals surface area contributed by atoms with E-state index in [1.165, 1.54) is 29.6 Å². The molecule has 0 radical (unpaired) electrons. The van der Waals surface area contributed by atoms with Crippen molar-refractivity contribution in [1.82, 2.24) is 25.5 Å². The Bertz CT molecular complexity index is 1190. The maximum absolute atomic E-state index is 13.3. The first-order valence-electron chi connectivity index (χ1n) is 10.3. The van der Waals surface area contributed by atoms with E-state index in [-0.39, 0.29) is 23.5 Å². The average Bonchev–Trinajstić information content (AvgIpc) is 3.51. The number of aromatic amines is 2. The normalized spacial score (nSPS) is 13.2. The van der Waals surface area contributed by atoms with E-state index >= 15 is 0 Å². The number of H-pyrrole nitrogens is 2. The van der Waals surface area contributed by atoms with Crippen LogP contribution in [-0.2, 0) is 17.4 Å². The number of carboxylic acid groups (broad SMARTS) is 1. The number of hydrogen-bond donors (Lipinski definition) is 5. The van der Waals surface area contributed by atoms with Crippen molar-refractivity contribution in [2.75, 3.05) is 11.4 Å². The Hall–Kier alpha value is -4.20. The number of alkyl halides is 3. The summed E-state index contributed by atoms with van der Waals surface area (Å²) in [5.41, 5.74) is -1.76. The van der Waals surface area contributed by atoms with Crippen LogP contribution in [0.3, 0.4) is 0 Å². The number of aliphatic hydroxyl groups excluding tert-OH is 1. The van der Waals surface area contributed by atoms with E-state index in [0.717, 1.165) is 18.2 Å². The second-order valence-corrected chi connectivity index (χ2v) is 7.37. The van der Waals surface area contributed by atoms with Gasteiger partial charge < -0.3 is 20.5 Å². The number of amides is 2. The fourth-order valence-electron chi connectivity index (χ4n) is 3.37. The molecule has 3 rings (SSSR count). The van der Waals surface area contributed by atoms with Crippen LogP contribution in [0.5, 0.6) is 0 Å². The molecule has 0 aliphatic rings. The van der Waals surface area contributed by atoms with Gasteiger partial charge in [0.1, 0.15) is 5.69 Å². The second kappa shape index (κ2) is 10.4. The predicted molar refractivity (Wildman–Crippen MR) is 115 cm³/mol. The quantitative estimate of drug-likeness (QED) is 0.302. The highest BCUT2D eigenvalue weighted by atomic mass is 19.4. The van der Waals surface area contributed by atoms with E-state index in [4.69, 9.17) is 0 Å². The van der Waals surface area contributed by atoms with Gasteiger partial charge >= 0.3 is 12.1 Å². The Kier molecular flexibility index (Phi) is 7.54. The molecular formula is C21H21F3N6O5. The smallest absolute Gasteiger partial charge is 0.416 e. The van der Waals surface area contributed by atoms with Gasteiger partial charge in [-0.2, -0.15) is 18.3 Å². The van der Waals surface area contributed by atoms with Crippen LogP contribution in [0.15, 0.2) is 42.9 Å². The molecule has 14 heteroatoms. The Morgan fingerprint density at radius 2 is 1.94 bits per heavy atom. The summed E-state index contributed by atoms with van der Waals surface area (Å²) in [7, 11) is 0. The average molecular weight is 494 g/mol. The first-order chi connectivity index (χ1) is 16.5. The van der Waals surface area contributed by atoms with E-state index in [0.29, 0.717) is 5.82 Å². The first kappa shape index (κ1) is 25.4. The number of rotatable bonds is 9. The summed E-state index contributed by atoms with van der Waals surface area (Å²) in [6.45, 7) is 1.95. The molecule has 186 valence electrons. The number of carboxylic acids is 1. The largest absolute Gasteiger partial charge is 0.479 e. The standard InChI is InChI=1S/C21H21F3N6O5/c1-2-30(16-9-25-10-26-16)19(33)15-8-14(28-29-15)18(32)27-13(17(31)20(34)35)7-11-5-3-4-6-12(11)21(22,23)24/h3-6,8-10,13,17,31H,2,7H2,1H3,(H,25,26)(H,27,32)(H,28,29)(H,34,35)/t13-,17-/m1/s1. The highest BCUT2D eigenvalue weighted by molar-refractivity contribution is 6.05. The molecule has 11 nitrogen and oxygen atoms in total. The molecule has 0 saturated heterocycles. The predicted octanol–water partition coefficient (Wildman–Crippen LogP) is 1.60. The molecule has 5 N–H and O–H groups in total. The van der Waals surface area contributed by atoms with E-state index in [2.05, 4.69) is 25.5 Å². The molecule has 2 amide bonds. The second-order valence-electron chi connectivity index (χ2n) is 7.37. The van der Waals surface area contributed by atoms with E-state index < -0.39 is 48.1 Å². The number of aliphatic carboxylic acids is 1. The number of aliphatic hydroxyl groups is 1. The fraction of sp³-hybridized carbons (Fsp3) is 0.286. The van der Waals surface area contributed by atoms with Gasteiger partial charge in [0.2, 0.25) is 0 Å². The molecule has 3 aromatic rings. The molecule has 0 aliphatic carbocycles. The van der Waals surface area contributed by atoms with E-state index in [1.807, 2.05) is 0 Å². The van der Waals surface area contributed by atoms with Crippen molar-refractivity contribution in [2.45, 2.75) is 31.7 Å². The minimum absolute atomic E-state index is 0.0854. The van der Waals surface area contributed by atoms with Gasteiger partial charge in [-0.3, -0.25) is 19.6 Å². The van der Waals surface area contributed by atoms with Crippen LogP contribution in [0.2, 0.25) is 0 Å². The number of carbonyl (C=O) groups excluding carboxylic acids is 2. The third-order valence-corrected chi connectivity index (χ3v) is 5.08. The molecule has 0 spiro atoms. The molecule has 0 aliphatic heterocycles. The van der Waals surface area contributed by atoms with Crippen LogP contribution in [0, 0.1) is 0 Å². The topological polar surface area (TPSA) is 164 Å². The molecular weight excluding hydrogens is 473 g/mol. The number of nitrogens with one attached hydrogen (secondary N) is 3. The van der Waals surface area contributed by atoms with Crippen molar-refractivity contribution in [3.05, 3.63) is 65.4 Å². The lowest BCUT2D eigenvalue weighted by molar-refractivity contribution is -0.148. The number of benzene rings is 1. The molecule has 1 aromatic carbocycles. The van der Waals surface area contributed by atoms with Crippen molar-refractivity contribution in [2.24, 2.45) is 0 Å². The summed E-state index contributed by atoms with van der Waals surface area (Å²) in [5.74, 6) is -2.98. The van der Waals surface area contributed by atoms with Crippen molar-refractivity contribution in [3.63, 3.8) is 0 Å². The summed E-state index contributed by atoms with van der Waals surface area (Å²) in [6, 6.07) is 3.89. The number of hydrogen-bond acceptors (Lipinski definition) is 6. The number of halogens is 3. The molecule has 2 atom stereocenters. The summed E-state index contributed by atoms with van der Waals surface area (Å²) in [4.78, 5) is 44.8. The minimum atomic E-state index is -4.73. The van der Waals surface area contributed by atoms with Crippen molar-refractivity contribution in [3.8, 4) is 0 Å². The van der Waals surface area contributed by atoms with Crippen LogP contribution in [0.1, 0.15) is 39.0 Å². The SMILES string of the molecule is CCN(C(=O)c1cc(C(=O)N[C@H](Cc2ccccc2C(F)(F)F)[C@@H](O)C(=O)O)n[nH]1)c1c[nH]cn1. The maximum Gasteiger partial charge on any atom is 0.416 e. The molecule has 35 heavy (non-hydrogen) atoms. The highest BCUT2D eigenvalue weighted by Gasteiger charge is 2.36. The van der Waals surface area contributed by atoms with Crippen LogP contribution < -0.4 is 10.2 Å². The zero-order valence-corrected chi connectivity index (χ0v) is 18.2. The van der Waals surface area contributed by atoms with Gasteiger partial charge in [0.15, 0.2) is 17.6 Å². The lowest BCUT2D eigenvalue weighted by Gasteiger charge is -2.23. The van der Waals surface area contributed by atoms with Gasteiger partial charge in [0, 0.05) is 18.8 Å². The number of anilines is 1. The monoisotopic (exact) mass is 494 g/mol. The molecule has 2 aromatic heterocycles. The zero-order valence-electron chi connectivity index (χ0n) is 18.2. The number of aromatic nitrogens is 4.